The number of unbranched alkanes of at least 4 members (excludes halogenated alkanes) is 1. The Labute approximate surface area is 98.8 Å². The van der Waals surface area contributed by atoms with Crippen LogP contribution < -0.4 is 0 Å². The van der Waals surface area contributed by atoms with Crippen LogP contribution in [0.5, 0.6) is 0 Å². The highest BCUT2D eigenvalue weighted by molar-refractivity contribution is 4.80. The molecule has 1 aliphatic heterocycles. The van der Waals surface area contributed by atoms with Crippen molar-refractivity contribution in [2.24, 2.45) is 0 Å². The Morgan fingerprint density at radius 3 is 2.44 bits per heavy atom. The first-order chi connectivity index (χ1) is 7.86. The molecule has 1 aliphatic rings. The third kappa shape index (κ3) is 5.45. The number of nitriles is 1. The van der Waals surface area contributed by atoms with Gasteiger partial charge >= 0.3 is 0 Å². The maximum atomic E-state index is 8.58. The SMILES string of the molecule is CCCCOCCN1CCN(CC#N)CC1. The van der Waals surface area contributed by atoms with Crippen LogP contribution in [-0.2, 0) is 4.74 Å². The predicted octanol–water partition coefficient (Wildman–Crippen LogP) is 0.944. The van der Waals surface area contributed by atoms with Gasteiger partial charge in [0.05, 0.1) is 19.2 Å². The van der Waals surface area contributed by atoms with E-state index in [9.17, 15) is 0 Å². The van der Waals surface area contributed by atoms with Gasteiger partial charge in [0.2, 0.25) is 0 Å². The summed E-state index contributed by atoms with van der Waals surface area (Å²) in [5.74, 6) is 0. The third-order valence-corrected chi connectivity index (χ3v) is 2.95. The molecular formula is C12H23N3O. The Hall–Kier alpha value is -0.630. The van der Waals surface area contributed by atoms with Gasteiger partial charge in [-0.25, -0.2) is 0 Å². The first-order valence-electron chi connectivity index (χ1n) is 6.26. The van der Waals surface area contributed by atoms with Crippen molar-refractivity contribution in [2.45, 2.75) is 19.8 Å². The minimum Gasteiger partial charge on any atom is -0.380 e. The minimum absolute atomic E-state index is 0.570. The van der Waals surface area contributed by atoms with E-state index in [0.717, 1.165) is 52.4 Å². The summed E-state index contributed by atoms with van der Waals surface area (Å²) in [7, 11) is 0. The molecule has 0 bridgehead atoms. The minimum atomic E-state index is 0.570. The second-order valence-electron chi connectivity index (χ2n) is 4.24. The highest BCUT2D eigenvalue weighted by atomic mass is 16.5. The van der Waals surface area contributed by atoms with Gasteiger partial charge in [-0.1, -0.05) is 13.3 Å². The van der Waals surface area contributed by atoms with E-state index in [1.165, 1.54) is 6.42 Å². The van der Waals surface area contributed by atoms with Gasteiger partial charge in [-0.2, -0.15) is 5.26 Å². The van der Waals surface area contributed by atoms with Gasteiger partial charge in [0, 0.05) is 39.3 Å². The van der Waals surface area contributed by atoms with E-state index in [1.54, 1.807) is 0 Å². The van der Waals surface area contributed by atoms with E-state index >= 15 is 0 Å². The molecule has 0 N–H and O–H groups in total. The molecule has 0 radical (unpaired) electrons. The van der Waals surface area contributed by atoms with Gasteiger partial charge in [-0.15, -0.1) is 0 Å². The van der Waals surface area contributed by atoms with Crippen LogP contribution in [0.15, 0.2) is 0 Å². The number of hydrogen-bond acceptors (Lipinski definition) is 4. The molecule has 0 saturated carbocycles. The molecule has 0 atom stereocenters. The smallest absolute Gasteiger partial charge is 0.0866 e. The highest BCUT2D eigenvalue weighted by Crippen LogP contribution is 2.00. The zero-order valence-electron chi connectivity index (χ0n) is 10.3. The first kappa shape index (κ1) is 13.4. The fourth-order valence-corrected chi connectivity index (χ4v) is 1.81. The van der Waals surface area contributed by atoms with Crippen molar-refractivity contribution in [2.75, 3.05) is 52.5 Å². The highest BCUT2D eigenvalue weighted by Gasteiger charge is 2.15. The molecule has 4 nitrogen and oxygen atoms in total. The van der Waals surface area contributed by atoms with E-state index in [0.29, 0.717) is 6.54 Å². The molecule has 1 heterocycles. The van der Waals surface area contributed by atoms with Crippen LogP contribution >= 0.6 is 0 Å². The molecule has 0 amide bonds. The topological polar surface area (TPSA) is 39.5 Å². The van der Waals surface area contributed by atoms with Crippen LogP contribution in [0.2, 0.25) is 0 Å². The first-order valence-corrected chi connectivity index (χ1v) is 6.26. The van der Waals surface area contributed by atoms with E-state index in [2.05, 4.69) is 22.8 Å². The Morgan fingerprint density at radius 1 is 1.12 bits per heavy atom. The lowest BCUT2D eigenvalue weighted by Crippen LogP contribution is -2.47. The second kappa shape index (κ2) is 8.51. The summed E-state index contributed by atoms with van der Waals surface area (Å²) in [6.07, 6.45) is 2.36. The Kier molecular flexibility index (Phi) is 7.15. The molecule has 0 aromatic heterocycles. The number of hydrogen-bond donors (Lipinski definition) is 0. The summed E-state index contributed by atoms with van der Waals surface area (Å²) in [5, 5.41) is 8.58. The van der Waals surface area contributed by atoms with Gasteiger partial charge in [-0.3, -0.25) is 9.80 Å². The summed E-state index contributed by atoms with van der Waals surface area (Å²) in [6, 6.07) is 2.20. The molecule has 0 spiro atoms. The molecule has 0 aromatic rings. The van der Waals surface area contributed by atoms with Crippen LogP contribution in [0.3, 0.4) is 0 Å². The van der Waals surface area contributed by atoms with E-state index in [1.807, 2.05) is 0 Å². The molecule has 16 heavy (non-hydrogen) atoms. The van der Waals surface area contributed by atoms with Crippen LogP contribution in [0.1, 0.15) is 19.8 Å². The fourth-order valence-electron chi connectivity index (χ4n) is 1.81. The lowest BCUT2D eigenvalue weighted by molar-refractivity contribution is 0.0777. The van der Waals surface area contributed by atoms with Gasteiger partial charge in [0.25, 0.3) is 0 Å². The molecule has 1 saturated heterocycles. The van der Waals surface area contributed by atoms with Crippen LogP contribution in [0, 0.1) is 11.3 Å². The van der Waals surface area contributed by atoms with E-state index < -0.39 is 0 Å². The molecule has 0 aliphatic carbocycles. The van der Waals surface area contributed by atoms with Crippen molar-refractivity contribution in [3.63, 3.8) is 0 Å². The van der Waals surface area contributed by atoms with Crippen molar-refractivity contribution in [1.29, 1.82) is 5.26 Å². The Morgan fingerprint density at radius 2 is 1.81 bits per heavy atom. The zero-order chi connectivity index (χ0) is 11.6. The molecule has 0 unspecified atom stereocenters. The van der Waals surface area contributed by atoms with Gasteiger partial charge in [0.1, 0.15) is 0 Å². The summed E-state index contributed by atoms with van der Waals surface area (Å²) in [5.41, 5.74) is 0. The number of ether oxygens (including phenoxy) is 1. The lowest BCUT2D eigenvalue weighted by atomic mass is 10.3. The van der Waals surface area contributed by atoms with E-state index in [-0.39, 0.29) is 0 Å². The van der Waals surface area contributed by atoms with Gasteiger partial charge < -0.3 is 4.74 Å². The van der Waals surface area contributed by atoms with Gasteiger partial charge in [0.15, 0.2) is 0 Å². The van der Waals surface area contributed by atoms with Crippen LogP contribution in [0.25, 0.3) is 0 Å². The number of nitrogens with zero attached hydrogens (tertiary/aromatic N) is 3. The predicted molar refractivity (Wildman–Crippen MR) is 64.2 cm³/mol. The van der Waals surface area contributed by atoms with Crippen molar-refractivity contribution in [3.8, 4) is 6.07 Å². The monoisotopic (exact) mass is 225 g/mol. The maximum absolute atomic E-state index is 8.58. The molecule has 1 rings (SSSR count). The largest absolute Gasteiger partial charge is 0.380 e. The van der Waals surface area contributed by atoms with Crippen LogP contribution in [0.4, 0.5) is 0 Å². The molecule has 92 valence electrons. The fraction of sp³-hybridized carbons (Fsp3) is 0.917. The summed E-state index contributed by atoms with van der Waals surface area (Å²) < 4.78 is 5.54. The summed E-state index contributed by atoms with van der Waals surface area (Å²) in [4.78, 5) is 4.62. The summed E-state index contributed by atoms with van der Waals surface area (Å²) >= 11 is 0. The Balaban J connectivity index is 1.98. The standard InChI is InChI=1S/C12H23N3O/c1-2-3-11-16-12-10-15-8-6-14(5-4-13)7-9-15/h2-3,5-12H2,1H3. The molecule has 0 aromatic carbocycles. The maximum Gasteiger partial charge on any atom is 0.0866 e. The average Bonchev–Trinajstić information content (AvgIpc) is 2.31. The van der Waals surface area contributed by atoms with Crippen molar-refractivity contribution in [1.82, 2.24) is 9.80 Å². The number of rotatable bonds is 7. The zero-order valence-corrected chi connectivity index (χ0v) is 10.3. The Bertz CT molecular complexity index is 207. The van der Waals surface area contributed by atoms with Crippen molar-refractivity contribution >= 4 is 0 Å². The van der Waals surface area contributed by atoms with E-state index in [4.69, 9.17) is 10.00 Å². The van der Waals surface area contributed by atoms with Crippen molar-refractivity contribution in [3.05, 3.63) is 0 Å². The quantitative estimate of drug-likeness (QED) is 0.477. The summed E-state index contributed by atoms with van der Waals surface area (Å²) in [6.45, 7) is 9.69. The second-order valence-corrected chi connectivity index (χ2v) is 4.24. The normalized spacial score (nSPS) is 18.5. The van der Waals surface area contributed by atoms with Crippen molar-refractivity contribution < 1.29 is 4.74 Å². The number of piperazine rings is 1. The molecular weight excluding hydrogens is 202 g/mol. The molecule has 1 fully saturated rings. The molecule has 4 heteroatoms. The third-order valence-electron chi connectivity index (χ3n) is 2.95. The van der Waals surface area contributed by atoms with Gasteiger partial charge in [-0.05, 0) is 6.42 Å². The van der Waals surface area contributed by atoms with Crippen LogP contribution in [-0.4, -0.2) is 62.3 Å². The lowest BCUT2D eigenvalue weighted by Gasteiger charge is -2.33. The average molecular weight is 225 g/mol.